The Labute approximate surface area is 266 Å². The van der Waals surface area contributed by atoms with E-state index in [1.807, 2.05) is 50.3 Å². The third-order valence-corrected chi connectivity index (χ3v) is 6.74. The topological polar surface area (TPSA) is 147 Å². The van der Waals surface area contributed by atoms with Crippen LogP contribution in [0.3, 0.4) is 0 Å². The molecule has 240 valence electrons. The predicted molar refractivity (Wildman–Crippen MR) is 180 cm³/mol. The first-order chi connectivity index (χ1) is 21.8. The molecule has 1 heterocycles. The molecule has 1 aromatic carbocycles. The number of nitrogens with two attached hydrogens (primary N) is 1. The zero-order chi connectivity index (χ0) is 33.0. The van der Waals surface area contributed by atoms with Crippen LogP contribution in [0.1, 0.15) is 59.6 Å². The van der Waals surface area contributed by atoms with Gasteiger partial charge in [-0.15, -0.1) is 0 Å². The molecule has 0 fully saturated rings. The molecule has 10 heteroatoms. The number of nitrogens with zero attached hydrogens (tertiary/aromatic N) is 2. The van der Waals surface area contributed by atoms with E-state index in [0.717, 1.165) is 5.56 Å². The Hall–Kier alpha value is -4.83. The van der Waals surface area contributed by atoms with Gasteiger partial charge in [0.25, 0.3) is 5.91 Å². The van der Waals surface area contributed by atoms with Crippen LogP contribution in [-0.4, -0.2) is 72.3 Å². The summed E-state index contributed by atoms with van der Waals surface area (Å²) in [7, 11) is 0. The summed E-state index contributed by atoms with van der Waals surface area (Å²) < 4.78 is 0. The summed E-state index contributed by atoms with van der Waals surface area (Å²) >= 11 is 0. The van der Waals surface area contributed by atoms with Gasteiger partial charge in [-0.3, -0.25) is 24.2 Å². The highest BCUT2D eigenvalue weighted by molar-refractivity contribution is 5.98. The normalized spacial score (nSPS) is 11.6. The molecule has 0 aliphatic carbocycles. The maximum Gasteiger partial charge on any atom is 0.253 e. The number of hydrogen-bond acceptors (Lipinski definition) is 6. The number of pyridine rings is 1. The summed E-state index contributed by atoms with van der Waals surface area (Å²) in [6, 6.07) is 10.3. The quantitative estimate of drug-likeness (QED) is 0.141. The second-order valence-corrected chi connectivity index (χ2v) is 10.2. The molecule has 5 N–H and O–H groups in total. The average molecular weight is 615 g/mol. The lowest BCUT2D eigenvalue weighted by atomic mass is 10.0. The zero-order valence-corrected chi connectivity index (χ0v) is 26.4. The standard InChI is InChI=1S/C35H46N6O4/c1-5-9-17-27-23-28(29(8-4)39-30(27)18-10-6-2)34(44)38-24-33(43)41(21-7-3)25-32(42)40-31(35(45)37-20-14-19-36)22-26-15-12-11-13-16-26/h5-6,9-13,15-18,23,31H,1-2,7-8,14,19-22,24-25,36H2,3-4H3,(H,37,45)(H,38,44)(H,40,42)/b17-9+,18-10+/t31-/m0/s1. The van der Waals surface area contributed by atoms with Crippen LogP contribution in [0.15, 0.2) is 73.9 Å². The maximum atomic E-state index is 13.3. The average Bonchev–Trinajstić information content (AvgIpc) is 3.04. The van der Waals surface area contributed by atoms with Crippen molar-refractivity contribution < 1.29 is 19.2 Å². The van der Waals surface area contributed by atoms with Crippen LogP contribution in [0.5, 0.6) is 0 Å². The molecule has 1 aromatic heterocycles. The fourth-order valence-corrected chi connectivity index (χ4v) is 4.48. The predicted octanol–water partition coefficient (Wildman–Crippen LogP) is 3.20. The van der Waals surface area contributed by atoms with Gasteiger partial charge < -0.3 is 26.6 Å². The lowest BCUT2D eigenvalue weighted by molar-refractivity contribution is -0.136. The fourth-order valence-electron chi connectivity index (χ4n) is 4.48. The van der Waals surface area contributed by atoms with Crippen molar-refractivity contribution in [2.24, 2.45) is 5.73 Å². The van der Waals surface area contributed by atoms with Crippen molar-refractivity contribution in [3.63, 3.8) is 0 Å². The highest BCUT2D eigenvalue weighted by atomic mass is 16.2. The number of benzene rings is 1. The Balaban J connectivity index is 2.15. The molecule has 0 bridgehead atoms. The van der Waals surface area contributed by atoms with Crippen molar-refractivity contribution in [1.82, 2.24) is 25.8 Å². The van der Waals surface area contributed by atoms with Gasteiger partial charge in [0.15, 0.2) is 0 Å². The van der Waals surface area contributed by atoms with Crippen molar-refractivity contribution in [2.75, 3.05) is 32.7 Å². The molecular formula is C35H46N6O4. The highest BCUT2D eigenvalue weighted by Gasteiger charge is 2.24. The molecule has 1 atom stereocenters. The fraction of sp³-hybridized carbons (Fsp3) is 0.343. The number of aryl methyl sites for hydroxylation is 1. The monoisotopic (exact) mass is 614 g/mol. The van der Waals surface area contributed by atoms with Crippen molar-refractivity contribution >= 4 is 35.8 Å². The van der Waals surface area contributed by atoms with Gasteiger partial charge in [0, 0.05) is 25.1 Å². The number of carbonyl (C=O) groups is 4. The number of rotatable bonds is 19. The summed E-state index contributed by atoms with van der Waals surface area (Å²) in [6.45, 7) is 11.8. The SMILES string of the molecule is C=C/C=C/c1cc(C(=O)NCC(=O)N(CCC)CC(=O)N[C@@H](Cc2ccccc2)C(=O)NCCCN)c(CC)nc1/C=C/C=C. The summed E-state index contributed by atoms with van der Waals surface area (Å²) in [6.07, 6.45) is 12.4. The van der Waals surface area contributed by atoms with Gasteiger partial charge in [0.2, 0.25) is 17.7 Å². The van der Waals surface area contributed by atoms with Gasteiger partial charge in [-0.25, -0.2) is 0 Å². The summed E-state index contributed by atoms with van der Waals surface area (Å²) in [4.78, 5) is 58.5. The number of carbonyl (C=O) groups excluding carboxylic acids is 4. The van der Waals surface area contributed by atoms with Crippen LogP contribution < -0.4 is 21.7 Å². The van der Waals surface area contributed by atoms with Crippen LogP contribution in [0.2, 0.25) is 0 Å². The van der Waals surface area contributed by atoms with Crippen molar-refractivity contribution in [3.05, 3.63) is 102 Å². The van der Waals surface area contributed by atoms with E-state index in [1.165, 1.54) is 4.90 Å². The lowest BCUT2D eigenvalue weighted by Gasteiger charge is -2.24. The molecular weight excluding hydrogens is 568 g/mol. The van der Waals surface area contributed by atoms with Crippen LogP contribution >= 0.6 is 0 Å². The van der Waals surface area contributed by atoms with E-state index < -0.39 is 23.8 Å². The molecule has 0 radical (unpaired) electrons. The second kappa shape index (κ2) is 20.2. The molecule has 0 unspecified atom stereocenters. The van der Waals surface area contributed by atoms with Gasteiger partial charge in [-0.2, -0.15) is 0 Å². The Morgan fingerprint density at radius 1 is 1.02 bits per heavy atom. The van der Waals surface area contributed by atoms with Gasteiger partial charge in [0.1, 0.15) is 6.04 Å². The minimum absolute atomic E-state index is 0.257. The van der Waals surface area contributed by atoms with Gasteiger partial charge in [0.05, 0.1) is 30.0 Å². The first-order valence-electron chi connectivity index (χ1n) is 15.3. The van der Waals surface area contributed by atoms with E-state index in [-0.39, 0.29) is 19.0 Å². The number of nitrogens with one attached hydrogen (secondary N) is 3. The largest absolute Gasteiger partial charge is 0.354 e. The Morgan fingerprint density at radius 2 is 1.73 bits per heavy atom. The summed E-state index contributed by atoms with van der Waals surface area (Å²) in [5, 5.41) is 8.30. The minimum atomic E-state index is -0.829. The Bertz CT molecular complexity index is 1370. The molecule has 45 heavy (non-hydrogen) atoms. The molecule has 2 aromatic rings. The Morgan fingerprint density at radius 3 is 2.38 bits per heavy atom. The second-order valence-electron chi connectivity index (χ2n) is 10.2. The third-order valence-electron chi connectivity index (χ3n) is 6.74. The smallest absolute Gasteiger partial charge is 0.253 e. The third kappa shape index (κ3) is 12.4. The molecule has 0 aliphatic rings. The van der Waals surface area contributed by atoms with E-state index in [1.54, 1.807) is 36.4 Å². The van der Waals surface area contributed by atoms with Crippen molar-refractivity contribution in [1.29, 1.82) is 0 Å². The van der Waals surface area contributed by atoms with E-state index in [4.69, 9.17) is 5.73 Å². The molecule has 4 amide bonds. The molecule has 10 nitrogen and oxygen atoms in total. The number of amides is 4. The lowest BCUT2D eigenvalue weighted by Crippen LogP contribution is -2.52. The summed E-state index contributed by atoms with van der Waals surface area (Å²) in [5.74, 6) is -1.67. The molecule has 2 rings (SSSR count). The van der Waals surface area contributed by atoms with Crippen molar-refractivity contribution in [3.8, 4) is 0 Å². The zero-order valence-electron chi connectivity index (χ0n) is 26.4. The van der Waals surface area contributed by atoms with Gasteiger partial charge >= 0.3 is 0 Å². The van der Waals surface area contributed by atoms with E-state index in [2.05, 4.69) is 34.1 Å². The van der Waals surface area contributed by atoms with Crippen LogP contribution in [0, 0.1) is 0 Å². The van der Waals surface area contributed by atoms with E-state index >= 15 is 0 Å². The first kappa shape index (κ1) is 36.4. The Kier molecular flexibility index (Phi) is 16.3. The van der Waals surface area contributed by atoms with Gasteiger partial charge in [-0.1, -0.05) is 87.7 Å². The molecule has 0 aliphatic heterocycles. The van der Waals surface area contributed by atoms with E-state index in [9.17, 15) is 19.2 Å². The summed E-state index contributed by atoms with van der Waals surface area (Å²) in [5.41, 5.74) is 8.75. The molecule has 0 saturated carbocycles. The van der Waals surface area contributed by atoms with Gasteiger partial charge in [-0.05, 0) is 43.5 Å². The highest BCUT2D eigenvalue weighted by Crippen LogP contribution is 2.18. The van der Waals surface area contributed by atoms with E-state index in [0.29, 0.717) is 67.8 Å². The van der Waals surface area contributed by atoms with Crippen LogP contribution in [0.25, 0.3) is 12.2 Å². The van der Waals surface area contributed by atoms with Crippen LogP contribution in [0.4, 0.5) is 0 Å². The number of hydrogen-bond donors (Lipinski definition) is 4. The number of aromatic nitrogens is 1. The maximum absolute atomic E-state index is 13.3. The molecule has 0 spiro atoms. The van der Waals surface area contributed by atoms with Crippen molar-refractivity contribution in [2.45, 2.75) is 45.6 Å². The minimum Gasteiger partial charge on any atom is -0.354 e. The number of allylic oxidation sites excluding steroid dienone is 4. The first-order valence-corrected chi connectivity index (χ1v) is 15.3. The van der Waals surface area contributed by atoms with Crippen LogP contribution in [-0.2, 0) is 27.2 Å². The molecule has 0 saturated heterocycles.